The third kappa shape index (κ3) is 4.44. The molecule has 0 atom stereocenters. The van der Waals surface area contributed by atoms with Crippen LogP contribution in [0.4, 0.5) is 5.82 Å². The van der Waals surface area contributed by atoms with Crippen LogP contribution in [0.15, 0.2) is 47.5 Å². The van der Waals surface area contributed by atoms with E-state index in [4.69, 9.17) is 11.6 Å². The number of nitrogens with zero attached hydrogens (tertiary/aromatic N) is 1. The summed E-state index contributed by atoms with van der Waals surface area (Å²) in [6.45, 7) is 3.09. The molecule has 0 saturated carbocycles. The van der Waals surface area contributed by atoms with Gasteiger partial charge in [0.2, 0.25) is 0 Å². The molecule has 0 radical (unpaired) electrons. The number of rotatable bonds is 6. The van der Waals surface area contributed by atoms with E-state index in [1.165, 1.54) is 0 Å². The molecule has 2 nitrogen and oxygen atoms in total. The Hall–Kier alpha value is -1.19. The molecule has 100 valence electrons. The Morgan fingerprint density at radius 2 is 2.00 bits per heavy atom. The van der Waals surface area contributed by atoms with Gasteiger partial charge in [0.25, 0.3) is 0 Å². The lowest BCUT2D eigenvalue weighted by atomic mass is 10.2. The van der Waals surface area contributed by atoms with Crippen LogP contribution >= 0.6 is 23.4 Å². The zero-order chi connectivity index (χ0) is 13.5. The van der Waals surface area contributed by atoms with Crippen LogP contribution in [0, 0.1) is 0 Å². The van der Waals surface area contributed by atoms with Crippen molar-refractivity contribution < 1.29 is 0 Å². The van der Waals surface area contributed by atoms with Crippen molar-refractivity contribution in [1.29, 1.82) is 0 Å². The van der Waals surface area contributed by atoms with Crippen LogP contribution in [0.1, 0.15) is 18.9 Å². The second kappa shape index (κ2) is 7.41. The van der Waals surface area contributed by atoms with E-state index in [1.54, 1.807) is 11.8 Å². The maximum absolute atomic E-state index is 6.14. The molecule has 4 heteroatoms. The molecular formula is C15H17ClN2S. The fourth-order valence-corrected chi connectivity index (χ4v) is 2.79. The van der Waals surface area contributed by atoms with E-state index in [9.17, 15) is 0 Å². The second-order valence-electron chi connectivity index (χ2n) is 4.17. The summed E-state index contributed by atoms with van der Waals surface area (Å²) in [5.74, 6) is 1.77. The molecule has 0 aliphatic heterocycles. The number of hydrogen-bond acceptors (Lipinski definition) is 3. The highest BCUT2D eigenvalue weighted by molar-refractivity contribution is 7.98. The first kappa shape index (κ1) is 14.2. The number of nitrogens with one attached hydrogen (secondary N) is 1. The minimum absolute atomic E-state index is 0.815. The largest absolute Gasteiger partial charge is 0.370 e. The number of thioether (sulfide) groups is 1. The molecule has 0 spiro atoms. The van der Waals surface area contributed by atoms with Crippen molar-refractivity contribution >= 4 is 29.2 Å². The Kier molecular flexibility index (Phi) is 5.55. The van der Waals surface area contributed by atoms with Crippen LogP contribution in [0.5, 0.6) is 0 Å². The number of benzene rings is 1. The molecule has 0 fully saturated rings. The van der Waals surface area contributed by atoms with Gasteiger partial charge < -0.3 is 5.32 Å². The highest BCUT2D eigenvalue weighted by Crippen LogP contribution is 2.25. The third-order valence-electron chi connectivity index (χ3n) is 2.61. The van der Waals surface area contributed by atoms with E-state index in [2.05, 4.69) is 23.3 Å². The monoisotopic (exact) mass is 292 g/mol. The van der Waals surface area contributed by atoms with Gasteiger partial charge in [0.15, 0.2) is 0 Å². The summed E-state index contributed by atoms with van der Waals surface area (Å²) < 4.78 is 0. The lowest BCUT2D eigenvalue weighted by Gasteiger charge is -2.07. The first-order valence-corrected chi connectivity index (χ1v) is 7.73. The Morgan fingerprint density at radius 1 is 1.16 bits per heavy atom. The molecule has 0 saturated heterocycles. The maximum Gasteiger partial charge on any atom is 0.127 e. The zero-order valence-corrected chi connectivity index (χ0v) is 12.5. The van der Waals surface area contributed by atoms with Crippen molar-refractivity contribution in [2.75, 3.05) is 11.9 Å². The van der Waals surface area contributed by atoms with Gasteiger partial charge in [0.05, 0.1) is 5.03 Å². The number of aromatic nitrogens is 1. The van der Waals surface area contributed by atoms with Crippen molar-refractivity contribution in [2.45, 2.75) is 24.1 Å². The summed E-state index contributed by atoms with van der Waals surface area (Å²) in [5, 5.41) is 5.12. The van der Waals surface area contributed by atoms with Crippen molar-refractivity contribution in [3.63, 3.8) is 0 Å². The predicted molar refractivity (Wildman–Crippen MR) is 84.0 cm³/mol. The fraction of sp³-hybridized carbons (Fsp3) is 0.267. The van der Waals surface area contributed by atoms with E-state index in [0.717, 1.165) is 40.1 Å². The second-order valence-corrected chi connectivity index (χ2v) is 5.57. The number of halogens is 1. The average Bonchev–Trinajstić information content (AvgIpc) is 2.45. The van der Waals surface area contributed by atoms with Gasteiger partial charge in [-0.15, -0.1) is 11.8 Å². The van der Waals surface area contributed by atoms with Crippen LogP contribution in [-0.2, 0) is 5.75 Å². The lowest BCUT2D eigenvalue weighted by Crippen LogP contribution is -2.01. The highest BCUT2D eigenvalue weighted by Gasteiger charge is 2.02. The van der Waals surface area contributed by atoms with Crippen molar-refractivity contribution in [3.05, 3.63) is 53.1 Å². The summed E-state index contributed by atoms with van der Waals surface area (Å²) in [5.41, 5.74) is 1.14. The minimum Gasteiger partial charge on any atom is -0.370 e. The van der Waals surface area contributed by atoms with E-state index >= 15 is 0 Å². The molecule has 0 unspecified atom stereocenters. The van der Waals surface area contributed by atoms with Gasteiger partial charge in [-0.3, -0.25) is 0 Å². The van der Waals surface area contributed by atoms with Crippen LogP contribution in [0.3, 0.4) is 0 Å². The Bertz CT molecular complexity index is 531. The molecule has 19 heavy (non-hydrogen) atoms. The quantitative estimate of drug-likeness (QED) is 0.771. The van der Waals surface area contributed by atoms with Crippen LogP contribution in [0.25, 0.3) is 0 Å². The van der Waals surface area contributed by atoms with E-state index in [1.807, 2.05) is 36.4 Å². The molecule has 1 aromatic carbocycles. The molecule has 0 bridgehead atoms. The summed E-state index contributed by atoms with van der Waals surface area (Å²) in [7, 11) is 0. The van der Waals surface area contributed by atoms with Crippen molar-refractivity contribution in [1.82, 2.24) is 4.98 Å². The summed E-state index contributed by atoms with van der Waals surface area (Å²) >= 11 is 7.84. The normalized spacial score (nSPS) is 10.4. The minimum atomic E-state index is 0.815. The molecule has 1 heterocycles. The van der Waals surface area contributed by atoms with Gasteiger partial charge >= 0.3 is 0 Å². The number of hydrogen-bond donors (Lipinski definition) is 1. The molecule has 1 N–H and O–H groups in total. The van der Waals surface area contributed by atoms with Crippen LogP contribution in [-0.4, -0.2) is 11.5 Å². The Labute approximate surface area is 123 Å². The summed E-state index contributed by atoms with van der Waals surface area (Å²) in [6.07, 6.45) is 1.10. The molecule has 0 aliphatic carbocycles. The smallest absolute Gasteiger partial charge is 0.127 e. The number of pyridine rings is 1. The van der Waals surface area contributed by atoms with Gasteiger partial charge in [-0.05, 0) is 30.2 Å². The van der Waals surface area contributed by atoms with E-state index in [-0.39, 0.29) is 0 Å². The summed E-state index contributed by atoms with van der Waals surface area (Å²) in [6, 6.07) is 14.0. The van der Waals surface area contributed by atoms with Crippen molar-refractivity contribution in [2.24, 2.45) is 0 Å². The molecule has 2 aromatic rings. The van der Waals surface area contributed by atoms with Crippen LogP contribution < -0.4 is 5.32 Å². The Morgan fingerprint density at radius 3 is 2.79 bits per heavy atom. The van der Waals surface area contributed by atoms with Crippen molar-refractivity contribution in [3.8, 4) is 0 Å². The molecule has 0 amide bonds. The highest BCUT2D eigenvalue weighted by atomic mass is 35.5. The first-order chi connectivity index (χ1) is 9.29. The Balaban J connectivity index is 1.98. The predicted octanol–water partition coefficient (Wildman–Crippen LogP) is 4.85. The summed E-state index contributed by atoms with van der Waals surface area (Å²) in [4.78, 5) is 4.56. The standard InChI is InChI=1S/C15H17ClN2S/c1-2-10-17-14-8-5-9-15(18-14)19-11-12-6-3-4-7-13(12)16/h3-9H,2,10-11H2,1H3,(H,17,18). The van der Waals surface area contributed by atoms with Crippen LogP contribution in [0.2, 0.25) is 5.02 Å². The van der Waals surface area contributed by atoms with Gasteiger partial charge in [0.1, 0.15) is 5.82 Å². The average molecular weight is 293 g/mol. The fourth-order valence-electron chi connectivity index (χ4n) is 1.61. The SMILES string of the molecule is CCCNc1cccc(SCc2ccccc2Cl)n1. The number of anilines is 1. The lowest BCUT2D eigenvalue weighted by molar-refractivity contribution is 0.960. The van der Waals surface area contributed by atoms with Gasteiger partial charge in [-0.25, -0.2) is 4.98 Å². The maximum atomic E-state index is 6.14. The van der Waals surface area contributed by atoms with Gasteiger partial charge in [0, 0.05) is 17.3 Å². The molecular weight excluding hydrogens is 276 g/mol. The van der Waals surface area contributed by atoms with Gasteiger partial charge in [-0.1, -0.05) is 42.8 Å². The van der Waals surface area contributed by atoms with Gasteiger partial charge in [-0.2, -0.15) is 0 Å². The molecule has 1 aromatic heterocycles. The first-order valence-electron chi connectivity index (χ1n) is 6.36. The molecule has 0 aliphatic rings. The topological polar surface area (TPSA) is 24.9 Å². The zero-order valence-electron chi connectivity index (χ0n) is 10.9. The van der Waals surface area contributed by atoms with E-state index in [0.29, 0.717) is 0 Å². The third-order valence-corrected chi connectivity index (χ3v) is 3.96. The van der Waals surface area contributed by atoms with E-state index < -0.39 is 0 Å². The molecule has 2 rings (SSSR count).